The second-order valence-electron chi connectivity index (χ2n) is 6.96. The zero-order valence-electron chi connectivity index (χ0n) is 12.7. The van der Waals surface area contributed by atoms with E-state index in [-0.39, 0.29) is 22.4 Å². The first-order chi connectivity index (χ1) is 10.9. The van der Waals surface area contributed by atoms with Crippen molar-refractivity contribution in [1.29, 1.82) is 0 Å². The number of hydrogen-bond donors (Lipinski definition) is 0. The average Bonchev–Trinajstić information content (AvgIpc) is 3.21. The SMILES string of the molecule is O=C1C[C@]2(CCN(S(=O)(=O)C3CC3)C2)CN1c1cccc(F)c1. The van der Waals surface area contributed by atoms with Crippen molar-refractivity contribution in [1.82, 2.24) is 4.31 Å². The van der Waals surface area contributed by atoms with Crippen molar-refractivity contribution in [2.75, 3.05) is 24.5 Å². The number of carbonyl (C=O) groups is 1. The van der Waals surface area contributed by atoms with Crippen LogP contribution in [0, 0.1) is 11.2 Å². The van der Waals surface area contributed by atoms with Crippen molar-refractivity contribution in [2.24, 2.45) is 5.41 Å². The lowest BCUT2D eigenvalue weighted by Crippen LogP contribution is -2.35. The molecule has 1 saturated carbocycles. The molecule has 1 aliphatic carbocycles. The fraction of sp³-hybridized carbons (Fsp3) is 0.562. The monoisotopic (exact) mass is 338 g/mol. The van der Waals surface area contributed by atoms with Crippen molar-refractivity contribution < 1.29 is 17.6 Å². The van der Waals surface area contributed by atoms with E-state index in [1.54, 1.807) is 21.3 Å². The van der Waals surface area contributed by atoms with Crippen molar-refractivity contribution in [3.05, 3.63) is 30.1 Å². The maximum atomic E-state index is 13.4. The molecule has 2 heterocycles. The Morgan fingerprint density at radius 3 is 2.70 bits per heavy atom. The Bertz CT molecular complexity index is 762. The van der Waals surface area contributed by atoms with Crippen LogP contribution in [0.3, 0.4) is 0 Å². The molecule has 4 rings (SSSR count). The highest BCUT2D eigenvalue weighted by Crippen LogP contribution is 2.44. The number of amides is 1. The number of benzene rings is 1. The van der Waals surface area contributed by atoms with Gasteiger partial charge in [0.2, 0.25) is 15.9 Å². The molecule has 0 unspecified atom stereocenters. The lowest BCUT2D eigenvalue weighted by Gasteiger charge is -2.24. The van der Waals surface area contributed by atoms with E-state index < -0.39 is 10.0 Å². The van der Waals surface area contributed by atoms with E-state index in [0.29, 0.717) is 38.2 Å². The van der Waals surface area contributed by atoms with Crippen LogP contribution in [-0.2, 0) is 14.8 Å². The van der Waals surface area contributed by atoms with E-state index in [1.165, 1.54) is 12.1 Å². The largest absolute Gasteiger partial charge is 0.312 e. The predicted molar refractivity (Wildman–Crippen MR) is 83.9 cm³/mol. The third-order valence-electron chi connectivity index (χ3n) is 5.15. The molecular formula is C16H19FN2O3S. The molecule has 3 aliphatic rings. The predicted octanol–water partition coefficient (Wildman–Crippen LogP) is 1.75. The third kappa shape index (κ3) is 2.55. The summed E-state index contributed by atoms with van der Waals surface area (Å²) in [6.07, 6.45) is 2.52. The highest BCUT2D eigenvalue weighted by molar-refractivity contribution is 7.90. The Morgan fingerprint density at radius 1 is 1.22 bits per heavy atom. The maximum absolute atomic E-state index is 13.4. The number of carbonyl (C=O) groups excluding carboxylic acids is 1. The Balaban J connectivity index is 1.54. The Labute approximate surface area is 135 Å². The Morgan fingerprint density at radius 2 is 2.00 bits per heavy atom. The molecule has 1 atom stereocenters. The molecule has 0 aromatic heterocycles. The first-order valence-corrected chi connectivity index (χ1v) is 9.45. The van der Waals surface area contributed by atoms with E-state index in [1.807, 2.05) is 0 Å². The highest BCUT2D eigenvalue weighted by Gasteiger charge is 2.52. The second-order valence-corrected chi connectivity index (χ2v) is 9.18. The van der Waals surface area contributed by atoms with Crippen molar-refractivity contribution in [3.8, 4) is 0 Å². The van der Waals surface area contributed by atoms with E-state index in [2.05, 4.69) is 0 Å². The molecule has 0 N–H and O–H groups in total. The molecule has 1 spiro atoms. The number of rotatable bonds is 3. The molecule has 23 heavy (non-hydrogen) atoms. The minimum atomic E-state index is -3.19. The second kappa shape index (κ2) is 5.01. The lowest BCUT2D eigenvalue weighted by molar-refractivity contribution is -0.117. The zero-order valence-corrected chi connectivity index (χ0v) is 13.6. The van der Waals surface area contributed by atoms with E-state index in [4.69, 9.17) is 0 Å². The van der Waals surface area contributed by atoms with Crippen molar-refractivity contribution in [2.45, 2.75) is 30.9 Å². The van der Waals surface area contributed by atoms with Gasteiger partial charge in [-0.1, -0.05) is 6.07 Å². The zero-order chi connectivity index (χ0) is 16.2. The molecule has 0 radical (unpaired) electrons. The summed E-state index contributed by atoms with van der Waals surface area (Å²) in [5.41, 5.74) is 0.223. The van der Waals surface area contributed by atoms with Gasteiger partial charge in [0.05, 0.1) is 5.25 Å². The molecule has 2 saturated heterocycles. The van der Waals surface area contributed by atoms with E-state index >= 15 is 0 Å². The number of halogens is 1. The minimum Gasteiger partial charge on any atom is -0.312 e. The first kappa shape index (κ1) is 15.1. The van der Waals surface area contributed by atoms with Crippen LogP contribution in [0.5, 0.6) is 0 Å². The van der Waals surface area contributed by atoms with Gasteiger partial charge in [-0.15, -0.1) is 0 Å². The normalized spacial score (nSPS) is 28.9. The Hall–Kier alpha value is -1.47. The molecule has 124 valence electrons. The molecular weight excluding hydrogens is 319 g/mol. The van der Waals surface area contributed by atoms with Gasteiger partial charge in [0.15, 0.2) is 0 Å². The van der Waals surface area contributed by atoms with Crippen LogP contribution in [0.15, 0.2) is 24.3 Å². The van der Waals surface area contributed by atoms with Gasteiger partial charge in [0.1, 0.15) is 5.82 Å². The molecule has 1 aromatic carbocycles. The summed E-state index contributed by atoms with van der Waals surface area (Å²) in [6.45, 7) is 1.36. The fourth-order valence-corrected chi connectivity index (χ4v) is 5.69. The van der Waals surface area contributed by atoms with Crippen LogP contribution >= 0.6 is 0 Å². The van der Waals surface area contributed by atoms with Crippen molar-refractivity contribution >= 4 is 21.6 Å². The standard InChI is InChI=1S/C16H19FN2O3S/c17-12-2-1-3-13(8-12)19-11-16(9-15(19)20)6-7-18(10-16)23(21,22)14-4-5-14/h1-3,8,14H,4-7,9-11H2/t16-/m0/s1. The summed E-state index contributed by atoms with van der Waals surface area (Å²) in [6, 6.07) is 6.00. The van der Waals surface area contributed by atoms with Crippen LogP contribution in [0.25, 0.3) is 0 Å². The summed E-state index contributed by atoms with van der Waals surface area (Å²) in [7, 11) is -3.19. The van der Waals surface area contributed by atoms with Crippen LogP contribution in [0.1, 0.15) is 25.7 Å². The fourth-order valence-electron chi connectivity index (χ4n) is 3.74. The van der Waals surface area contributed by atoms with Gasteiger partial charge in [-0.3, -0.25) is 4.79 Å². The summed E-state index contributed by atoms with van der Waals surface area (Å²) >= 11 is 0. The molecule has 1 aromatic rings. The first-order valence-electron chi connectivity index (χ1n) is 7.95. The topological polar surface area (TPSA) is 57.7 Å². The molecule has 1 amide bonds. The molecule has 2 aliphatic heterocycles. The number of sulfonamides is 1. The molecule has 0 bridgehead atoms. The summed E-state index contributed by atoms with van der Waals surface area (Å²) < 4.78 is 39.7. The molecule has 3 fully saturated rings. The van der Waals surface area contributed by atoms with Gasteiger partial charge in [0, 0.05) is 37.2 Å². The van der Waals surface area contributed by atoms with Crippen molar-refractivity contribution in [3.63, 3.8) is 0 Å². The average molecular weight is 338 g/mol. The quantitative estimate of drug-likeness (QED) is 0.844. The van der Waals surface area contributed by atoms with Gasteiger partial charge in [-0.25, -0.2) is 17.1 Å². The minimum absolute atomic E-state index is 0.0544. The number of hydrogen-bond acceptors (Lipinski definition) is 3. The van der Waals surface area contributed by atoms with Gasteiger partial charge in [-0.05, 0) is 37.5 Å². The van der Waals surface area contributed by atoms with E-state index in [0.717, 1.165) is 12.8 Å². The van der Waals surface area contributed by atoms with Gasteiger partial charge in [-0.2, -0.15) is 0 Å². The summed E-state index contributed by atoms with van der Waals surface area (Å²) in [5, 5.41) is -0.214. The molecule has 7 heteroatoms. The summed E-state index contributed by atoms with van der Waals surface area (Å²) in [5.74, 6) is -0.429. The van der Waals surface area contributed by atoms with Crippen LogP contribution in [-0.4, -0.2) is 43.5 Å². The van der Waals surface area contributed by atoms with Gasteiger partial charge < -0.3 is 4.90 Å². The van der Waals surface area contributed by atoms with Gasteiger partial charge in [0.25, 0.3) is 0 Å². The van der Waals surface area contributed by atoms with Crippen LogP contribution in [0.4, 0.5) is 10.1 Å². The van der Waals surface area contributed by atoms with Gasteiger partial charge >= 0.3 is 0 Å². The number of nitrogens with zero attached hydrogens (tertiary/aromatic N) is 2. The number of anilines is 1. The summed E-state index contributed by atoms with van der Waals surface area (Å²) in [4.78, 5) is 14.0. The molecule has 5 nitrogen and oxygen atoms in total. The van der Waals surface area contributed by atoms with Crippen LogP contribution < -0.4 is 4.90 Å². The lowest BCUT2D eigenvalue weighted by atomic mass is 9.86. The van der Waals surface area contributed by atoms with E-state index in [9.17, 15) is 17.6 Å². The smallest absolute Gasteiger partial charge is 0.227 e. The highest BCUT2D eigenvalue weighted by atomic mass is 32.2. The maximum Gasteiger partial charge on any atom is 0.227 e. The third-order valence-corrected chi connectivity index (χ3v) is 7.49. The Kier molecular flexibility index (Phi) is 3.29. The van der Waals surface area contributed by atoms with Crippen LogP contribution in [0.2, 0.25) is 0 Å².